The summed E-state index contributed by atoms with van der Waals surface area (Å²) in [6, 6.07) is 18.8. The van der Waals surface area contributed by atoms with E-state index in [-0.39, 0.29) is 36.9 Å². The van der Waals surface area contributed by atoms with Crippen molar-refractivity contribution in [1.82, 2.24) is 4.57 Å². The lowest BCUT2D eigenvalue weighted by atomic mass is 9.92. The lowest BCUT2D eigenvalue weighted by molar-refractivity contribution is -0.139. The zero-order chi connectivity index (χ0) is 29.5. The number of carbonyl (C=O) groups excluding carboxylic acids is 1. The maximum absolute atomic E-state index is 14.1. The molecule has 2 unspecified atom stereocenters. The van der Waals surface area contributed by atoms with Crippen LogP contribution in [-0.2, 0) is 11.3 Å². The number of aliphatic hydroxyl groups is 2. The molecule has 41 heavy (non-hydrogen) atoms. The van der Waals surface area contributed by atoms with Gasteiger partial charge >= 0.3 is 5.97 Å². The summed E-state index contributed by atoms with van der Waals surface area (Å²) in [5.74, 6) is -1.70. The van der Waals surface area contributed by atoms with Gasteiger partial charge in [-0.3, -0.25) is 9.59 Å². The van der Waals surface area contributed by atoms with Crippen molar-refractivity contribution in [2.45, 2.75) is 70.6 Å². The number of carboxylic acid groups (broad SMARTS) is 1. The first-order valence-corrected chi connectivity index (χ1v) is 14.0. The average Bonchev–Trinajstić information content (AvgIpc) is 3.28. The molecule has 0 bridgehead atoms. The van der Waals surface area contributed by atoms with Crippen molar-refractivity contribution in [3.63, 3.8) is 0 Å². The smallest absolute Gasteiger partial charge is 0.305 e. The standard InChI is InChI=1S/C33H37FN2O5/c1-21(2)31-30(33(41)35-25-11-7-4-8-12-25)29(22-9-5-3-6-10-22)32(23-13-15-24(34)16-14-23)36(31)18-17-26(37)19-27(38)20-28(39)40/h3-13,15,21,26-27,37-38H,14,16-20H2,1-2H3,(H,35,41)(H,39,40). The molecule has 0 spiro atoms. The van der Waals surface area contributed by atoms with Crippen molar-refractivity contribution in [2.24, 2.45) is 0 Å². The van der Waals surface area contributed by atoms with Crippen LogP contribution in [0.25, 0.3) is 16.7 Å². The molecule has 1 amide bonds. The van der Waals surface area contributed by atoms with E-state index in [1.807, 2.05) is 79.1 Å². The maximum Gasteiger partial charge on any atom is 0.305 e. The monoisotopic (exact) mass is 560 g/mol. The molecule has 0 fully saturated rings. The molecule has 2 aromatic carbocycles. The lowest BCUT2D eigenvalue weighted by Gasteiger charge is -2.21. The Morgan fingerprint density at radius 1 is 0.951 bits per heavy atom. The zero-order valence-corrected chi connectivity index (χ0v) is 23.4. The number of aromatic nitrogens is 1. The minimum Gasteiger partial charge on any atom is -0.481 e. The molecular weight excluding hydrogens is 523 g/mol. The SMILES string of the molecule is CC(C)c1c(C(=O)Nc2ccccc2)c(-c2ccccc2)c(C2=CC=C(F)CC2)n1CCC(O)CC(O)CC(=O)O. The molecule has 4 N–H and O–H groups in total. The number of carbonyl (C=O) groups is 2. The van der Waals surface area contributed by atoms with E-state index in [1.165, 1.54) is 6.08 Å². The Labute approximate surface area is 239 Å². The minimum absolute atomic E-state index is 0.0799. The predicted molar refractivity (Wildman–Crippen MR) is 158 cm³/mol. The van der Waals surface area contributed by atoms with Crippen LogP contribution in [-0.4, -0.2) is 44.0 Å². The van der Waals surface area contributed by atoms with Crippen molar-refractivity contribution in [3.8, 4) is 11.1 Å². The first-order valence-electron chi connectivity index (χ1n) is 14.0. The fraction of sp³-hybridized carbons (Fsp3) is 0.333. The van der Waals surface area contributed by atoms with Gasteiger partial charge in [0.05, 0.1) is 29.9 Å². The second kappa shape index (κ2) is 13.6. The number of aliphatic hydroxyl groups excluding tert-OH is 2. The first-order chi connectivity index (χ1) is 19.7. The van der Waals surface area contributed by atoms with Crippen molar-refractivity contribution >= 4 is 23.1 Å². The fourth-order valence-corrected chi connectivity index (χ4v) is 5.44. The molecule has 2 atom stereocenters. The molecule has 0 radical (unpaired) electrons. The number of aliphatic carboxylic acids is 1. The topological polar surface area (TPSA) is 112 Å². The van der Waals surface area contributed by atoms with Crippen LogP contribution in [0.1, 0.15) is 73.6 Å². The van der Waals surface area contributed by atoms with Crippen LogP contribution < -0.4 is 5.32 Å². The molecule has 0 saturated carbocycles. The molecule has 8 heteroatoms. The Morgan fingerprint density at radius 3 is 2.20 bits per heavy atom. The Hall–Kier alpha value is -4.01. The van der Waals surface area contributed by atoms with Gasteiger partial charge in [0.25, 0.3) is 5.91 Å². The zero-order valence-electron chi connectivity index (χ0n) is 23.4. The molecule has 1 aromatic heterocycles. The highest BCUT2D eigenvalue weighted by molar-refractivity contribution is 6.11. The van der Waals surface area contributed by atoms with E-state index >= 15 is 0 Å². The summed E-state index contributed by atoms with van der Waals surface area (Å²) >= 11 is 0. The number of nitrogens with one attached hydrogen (secondary N) is 1. The van der Waals surface area contributed by atoms with E-state index in [0.717, 1.165) is 28.1 Å². The highest BCUT2D eigenvalue weighted by Crippen LogP contribution is 2.43. The van der Waals surface area contributed by atoms with Crippen LogP contribution in [0.15, 0.2) is 78.6 Å². The van der Waals surface area contributed by atoms with Gasteiger partial charge in [0.15, 0.2) is 0 Å². The van der Waals surface area contributed by atoms with Gasteiger partial charge < -0.3 is 25.2 Å². The third-order valence-electron chi connectivity index (χ3n) is 7.21. The van der Waals surface area contributed by atoms with Crippen LogP contribution in [0.5, 0.6) is 0 Å². The first kappa shape index (κ1) is 30.0. The summed E-state index contributed by atoms with van der Waals surface area (Å²) < 4.78 is 16.1. The number of halogens is 1. The molecule has 1 aliphatic carbocycles. The van der Waals surface area contributed by atoms with Crippen molar-refractivity contribution < 1.29 is 29.3 Å². The van der Waals surface area contributed by atoms with Crippen LogP contribution >= 0.6 is 0 Å². The van der Waals surface area contributed by atoms with Crippen molar-refractivity contribution in [2.75, 3.05) is 5.32 Å². The second-order valence-electron chi connectivity index (χ2n) is 10.7. The van der Waals surface area contributed by atoms with E-state index in [2.05, 4.69) is 5.32 Å². The number of hydrogen-bond acceptors (Lipinski definition) is 4. The van der Waals surface area contributed by atoms with Crippen molar-refractivity contribution in [3.05, 3.63) is 95.6 Å². The second-order valence-corrected chi connectivity index (χ2v) is 10.7. The molecule has 0 aliphatic heterocycles. The number of allylic oxidation sites excluding steroid dienone is 4. The van der Waals surface area contributed by atoms with Gasteiger partial charge in [0, 0.05) is 29.9 Å². The molecule has 1 aliphatic rings. The molecule has 0 saturated heterocycles. The Bertz CT molecular complexity index is 1430. The summed E-state index contributed by atoms with van der Waals surface area (Å²) in [5.41, 5.74) is 5.21. The van der Waals surface area contributed by atoms with Gasteiger partial charge in [-0.1, -0.05) is 68.5 Å². The number of para-hydroxylation sites is 1. The highest BCUT2D eigenvalue weighted by atomic mass is 19.1. The predicted octanol–water partition coefficient (Wildman–Crippen LogP) is 6.54. The molecule has 1 heterocycles. The largest absolute Gasteiger partial charge is 0.481 e. The Balaban J connectivity index is 1.87. The number of hydrogen-bond donors (Lipinski definition) is 4. The van der Waals surface area contributed by atoms with Crippen LogP contribution in [0.2, 0.25) is 0 Å². The number of anilines is 1. The van der Waals surface area contributed by atoms with E-state index < -0.39 is 24.6 Å². The number of benzene rings is 2. The quantitative estimate of drug-likeness (QED) is 0.201. The number of amides is 1. The molecule has 4 rings (SSSR count). The van der Waals surface area contributed by atoms with Gasteiger partial charge in [0.2, 0.25) is 0 Å². The van der Waals surface area contributed by atoms with Gasteiger partial charge in [-0.15, -0.1) is 0 Å². The van der Waals surface area contributed by atoms with E-state index in [0.29, 0.717) is 24.2 Å². The van der Waals surface area contributed by atoms with E-state index in [4.69, 9.17) is 5.11 Å². The summed E-state index contributed by atoms with van der Waals surface area (Å²) in [5, 5.41) is 32.8. The van der Waals surface area contributed by atoms with Crippen LogP contribution in [0.3, 0.4) is 0 Å². The average molecular weight is 561 g/mol. The van der Waals surface area contributed by atoms with Gasteiger partial charge in [-0.2, -0.15) is 0 Å². The Kier molecular flexibility index (Phi) is 9.91. The van der Waals surface area contributed by atoms with Crippen molar-refractivity contribution in [1.29, 1.82) is 0 Å². The Morgan fingerprint density at radius 2 is 1.61 bits per heavy atom. The van der Waals surface area contributed by atoms with Crippen LogP contribution in [0.4, 0.5) is 10.1 Å². The molecule has 7 nitrogen and oxygen atoms in total. The summed E-state index contributed by atoms with van der Waals surface area (Å²) in [6.07, 6.45) is 1.48. The summed E-state index contributed by atoms with van der Waals surface area (Å²) in [7, 11) is 0. The number of carboxylic acids is 1. The number of rotatable bonds is 12. The summed E-state index contributed by atoms with van der Waals surface area (Å²) in [4.78, 5) is 25.0. The van der Waals surface area contributed by atoms with E-state index in [1.54, 1.807) is 6.08 Å². The van der Waals surface area contributed by atoms with Gasteiger partial charge in [0.1, 0.15) is 5.83 Å². The molecular formula is C33H37FN2O5. The lowest BCUT2D eigenvalue weighted by Crippen LogP contribution is -2.23. The minimum atomic E-state index is -1.17. The van der Waals surface area contributed by atoms with Crippen LogP contribution in [0, 0.1) is 0 Å². The van der Waals surface area contributed by atoms with E-state index in [9.17, 15) is 24.2 Å². The third-order valence-corrected chi connectivity index (χ3v) is 7.21. The van der Waals surface area contributed by atoms with Gasteiger partial charge in [-0.05, 0) is 54.5 Å². The normalized spacial score (nSPS) is 14.8. The third kappa shape index (κ3) is 7.39. The summed E-state index contributed by atoms with van der Waals surface area (Å²) in [6.45, 7) is 4.32. The van der Waals surface area contributed by atoms with Gasteiger partial charge in [-0.25, -0.2) is 4.39 Å². The maximum atomic E-state index is 14.1. The number of nitrogens with zero attached hydrogens (tertiary/aromatic N) is 1. The highest BCUT2D eigenvalue weighted by Gasteiger charge is 2.32. The molecule has 216 valence electrons. The molecule has 3 aromatic rings. The fourth-order valence-electron chi connectivity index (χ4n) is 5.44.